The molecule has 0 radical (unpaired) electrons. The number of carboxylic acid groups (broad SMARTS) is 1. The zero-order valence-corrected chi connectivity index (χ0v) is 11.2. The van der Waals surface area contributed by atoms with E-state index in [1.807, 2.05) is 0 Å². The summed E-state index contributed by atoms with van der Waals surface area (Å²) in [6, 6.07) is 7.43. The number of halogens is 1. The standard InChI is InChI=1S/C14H15ClN2O2/c15-12-6-3-7-13(11(12)8-16)17(9-14(18)19)10-4-1-2-5-10/h3,6-7,10H,1-2,4-5,9H2,(H,18,19). The van der Waals surface area contributed by atoms with Gasteiger partial charge in [-0.2, -0.15) is 5.26 Å². The Balaban J connectivity index is 2.40. The van der Waals surface area contributed by atoms with E-state index >= 15 is 0 Å². The molecule has 0 spiro atoms. The Morgan fingerprint density at radius 3 is 2.74 bits per heavy atom. The molecule has 1 aromatic rings. The molecule has 5 heteroatoms. The van der Waals surface area contributed by atoms with Crippen LogP contribution in [0.2, 0.25) is 5.02 Å². The largest absolute Gasteiger partial charge is 0.480 e. The summed E-state index contributed by atoms with van der Waals surface area (Å²) < 4.78 is 0. The molecule has 1 fully saturated rings. The third kappa shape index (κ3) is 2.99. The molecule has 0 atom stereocenters. The van der Waals surface area contributed by atoms with Gasteiger partial charge >= 0.3 is 5.97 Å². The second kappa shape index (κ2) is 5.94. The Kier molecular flexibility index (Phi) is 4.28. The zero-order chi connectivity index (χ0) is 13.8. The highest BCUT2D eigenvalue weighted by Gasteiger charge is 2.26. The van der Waals surface area contributed by atoms with Gasteiger partial charge in [0, 0.05) is 6.04 Å². The molecule has 1 aliphatic rings. The van der Waals surface area contributed by atoms with Crippen molar-refractivity contribution in [1.82, 2.24) is 0 Å². The minimum Gasteiger partial charge on any atom is -0.480 e. The third-order valence-electron chi connectivity index (χ3n) is 3.48. The highest BCUT2D eigenvalue weighted by atomic mass is 35.5. The fourth-order valence-electron chi connectivity index (χ4n) is 2.64. The summed E-state index contributed by atoms with van der Waals surface area (Å²) in [5.74, 6) is -0.893. The van der Waals surface area contributed by atoms with Gasteiger partial charge in [0.15, 0.2) is 0 Å². The summed E-state index contributed by atoms with van der Waals surface area (Å²) in [5, 5.41) is 18.7. The van der Waals surface area contributed by atoms with Crippen LogP contribution in [0.4, 0.5) is 5.69 Å². The molecule has 1 aliphatic carbocycles. The molecule has 1 N–H and O–H groups in total. The van der Waals surface area contributed by atoms with E-state index in [0.717, 1.165) is 25.7 Å². The van der Waals surface area contributed by atoms with Gasteiger partial charge in [0.05, 0.1) is 16.3 Å². The molecule has 19 heavy (non-hydrogen) atoms. The Labute approximate surface area is 117 Å². The summed E-state index contributed by atoms with van der Waals surface area (Å²) in [4.78, 5) is 12.9. The van der Waals surface area contributed by atoms with Gasteiger partial charge in [-0.05, 0) is 25.0 Å². The highest BCUT2D eigenvalue weighted by Crippen LogP contribution is 2.32. The van der Waals surface area contributed by atoms with Crippen LogP contribution in [0.25, 0.3) is 0 Å². The molecule has 0 amide bonds. The van der Waals surface area contributed by atoms with Crippen molar-refractivity contribution in [2.45, 2.75) is 31.7 Å². The van der Waals surface area contributed by atoms with E-state index in [2.05, 4.69) is 6.07 Å². The third-order valence-corrected chi connectivity index (χ3v) is 3.80. The first-order chi connectivity index (χ1) is 9.13. The number of benzene rings is 1. The van der Waals surface area contributed by atoms with Crippen molar-refractivity contribution in [2.24, 2.45) is 0 Å². The van der Waals surface area contributed by atoms with Crippen LogP contribution in [-0.2, 0) is 4.79 Å². The topological polar surface area (TPSA) is 64.3 Å². The van der Waals surface area contributed by atoms with Gasteiger partial charge in [-0.15, -0.1) is 0 Å². The van der Waals surface area contributed by atoms with E-state index in [9.17, 15) is 10.1 Å². The lowest BCUT2D eigenvalue weighted by molar-refractivity contribution is -0.135. The predicted octanol–water partition coefficient (Wildman–Crippen LogP) is 3.05. The number of anilines is 1. The average molecular weight is 279 g/mol. The van der Waals surface area contributed by atoms with Crippen molar-refractivity contribution >= 4 is 23.3 Å². The molecule has 0 bridgehead atoms. The Hall–Kier alpha value is -1.73. The number of aliphatic carboxylic acids is 1. The maximum Gasteiger partial charge on any atom is 0.323 e. The van der Waals surface area contributed by atoms with Crippen LogP contribution in [-0.4, -0.2) is 23.7 Å². The Bertz CT molecular complexity index is 519. The van der Waals surface area contributed by atoms with Crippen molar-refractivity contribution in [3.8, 4) is 6.07 Å². The summed E-state index contributed by atoms with van der Waals surface area (Å²) in [6.45, 7) is -0.0975. The summed E-state index contributed by atoms with van der Waals surface area (Å²) in [6.07, 6.45) is 4.13. The molecule has 1 saturated carbocycles. The van der Waals surface area contributed by atoms with Gasteiger partial charge in [-0.25, -0.2) is 0 Å². The van der Waals surface area contributed by atoms with Crippen LogP contribution in [0.15, 0.2) is 18.2 Å². The first-order valence-electron chi connectivity index (χ1n) is 6.30. The number of hydrogen-bond donors (Lipinski definition) is 1. The fourth-order valence-corrected chi connectivity index (χ4v) is 2.85. The molecule has 4 nitrogen and oxygen atoms in total. The maximum atomic E-state index is 11.1. The van der Waals surface area contributed by atoms with Gasteiger partial charge in [0.1, 0.15) is 12.6 Å². The van der Waals surface area contributed by atoms with Crippen molar-refractivity contribution in [1.29, 1.82) is 5.26 Å². The van der Waals surface area contributed by atoms with Crippen LogP contribution < -0.4 is 4.90 Å². The van der Waals surface area contributed by atoms with Crippen molar-refractivity contribution in [3.63, 3.8) is 0 Å². The molecule has 1 aromatic carbocycles. The lowest BCUT2D eigenvalue weighted by Gasteiger charge is -2.30. The predicted molar refractivity (Wildman–Crippen MR) is 73.4 cm³/mol. The lowest BCUT2D eigenvalue weighted by Crippen LogP contribution is -2.38. The average Bonchev–Trinajstić information content (AvgIpc) is 2.89. The minimum absolute atomic E-state index is 0.0975. The molecule has 0 aromatic heterocycles. The summed E-state index contributed by atoms with van der Waals surface area (Å²) >= 11 is 6.02. The molecule has 0 heterocycles. The fraction of sp³-hybridized carbons (Fsp3) is 0.429. The number of rotatable bonds is 4. The van der Waals surface area contributed by atoms with E-state index in [1.54, 1.807) is 23.1 Å². The maximum absolute atomic E-state index is 11.1. The van der Waals surface area contributed by atoms with Crippen molar-refractivity contribution < 1.29 is 9.90 Å². The first-order valence-corrected chi connectivity index (χ1v) is 6.68. The van der Waals surface area contributed by atoms with Crippen LogP contribution in [0, 0.1) is 11.3 Å². The molecule has 0 saturated heterocycles. The van der Waals surface area contributed by atoms with Crippen molar-refractivity contribution in [2.75, 3.05) is 11.4 Å². The van der Waals surface area contributed by atoms with Gasteiger partial charge in [-0.1, -0.05) is 30.5 Å². The minimum atomic E-state index is -0.893. The van der Waals surface area contributed by atoms with Crippen LogP contribution in [0.5, 0.6) is 0 Å². The summed E-state index contributed by atoms with van der Waals surface area (Å²) in [5.41, 5.74) is 0.988. The Morgan fingerprint density at radius 1 is 1.47 bits per heavy atom. The zero-order valence-electron chi connectivity index (χ0n) is 10.5. The quantitative estimate of drug-likeness (QED) is 0.919. The van der Waals surface area contributed by atoms with E-state index in [1.165, 1.54) is 0 Å². The van der Waals surface area contributed by atoms with E-state index in [-0.39, 0.29) is 12.6 Å². The number of nitriles is 1. The normalized spacial score (nSPS) is 15.2. The van der Waals surface area contributed by atoms with Crippen LogP contribution in [0.3, 0.4) is 0 Å². The lowest BCUT2D eigenvalue weighted by atomic mass is 10.1. The van der Waals surface area contributed by atoms with Gasteiger partial charge in [-0.3, -0.25) is 4.79 Å². The molecule has 0 aliphatic heterocycles. The number of carbonyl (C=O) groups is 1. The van der Waals surface area contributed by atoms with Gasteiger partial charge in [0.2, 0.25) is 0 Å². The van der Waals surface area contributed by atoms with E-state index in [4.69, 9.17) is 16.7 Å². The number of carboxylic acids is 1. The molecular formula is C14H15ClN2O2. The highest BCUT2D eigenvalue weighted by molar-refractivity contribution is 6.32. The van der Waals surface area contributed by atoms with Gasteiger partial charge in [0.25, 0.3) is 0 Å². The van der Waals surface area contributed by atoms with Crippen molar-refractivity contribution in [3.05, 3.63) is 28.8 Å². The molecule has 0 unspecified atom stereocenters. The number of nitrogens with zero attached hydrogens (tertiary/aromatic N) is 2. The monoisotopic (exact) mass is 278 g/mol. The molecular weight excluding hydrogens is 264 g/mol. The number of hydrogen-bond acceptors (Lipinski definition) is 3. The smallest absolute Gasteiger partial charge is 0.323 e. The van der Waals surface area contributed by atoms with E-state index < -0.39 is 5.97 Å². The van der Waals surface area contributed by atoms with Crippen LogP contribution >= 0.6 is 11.6 Å². The molecule has 100 valence electrons. The summed E-state index contributed by atoms with van der Waals surface area (Å²) in [7, 11) is 0. The van der Waals surface area contributed by atoms with E-state index in [0.29, 0.717) is 16.3 Å². The first kappa shape index (κ1) is 13.7. The second-order valence-corrected chi connectivity index (χ2v) is 5.11. The SMILES string of the molecule is N#Cc1c(Cl)cccc1N(CC(=O)O)C1CCCC1. The second-order valence-electron chi connectivity index (χ2n) is 4.71. The van der Waals surface area contributed by atoms with Gasteiger partial charge < -0.3 is 10.0 Å². The van der Waals surface area contributed by atoms with Crippen LogP contribution in [0.1, 0.15) is 31.2 Å². The Morgan fingerprint density at radius 2 is 2.16 bits per heavy atom. The molecule has 2 rings (SSSR count).